The Bertz CT molecular complexity index is 892. The molecular weight excluding hydrogens is 358 g/mol. The standard InChI is InChI=1S/C18H21NO6S/c1-11-4-5-12(2)15(10-11)26(23,24)19-16(18(21)22)17(20)13-6-8-14(25-3)9-7-13/h4-10,16-17,19-20H,1-3H3,(H,21,22). The van der Waals surface area contributed by atoms with Gasteiger partial charge in [0.15, 0.2) is 0 Å². The average Bonchev–Trinajstić information content (AvgIpc) is 2.61. The van der Waals surface area contributed by atoms with Gasteiger partial charge in [0.2, 0.25) is 10.0 Å². The zero-order chi connectivity index (χ0) is 19.5. The van der Waals surface area contributed by atoms with Gasteiger partial charge in [-0.3, -0.25) is 4.79 Å². The van der Waals surface area contributed by atoms with Gasteiger partial charge in [-0.25, -0.2) is 8.42 Å². The highest BCUT2D eigenvalue weighted by Gasteiger charge is 2.33. The summed E-state index contributed by atoms with van der Waals surface area (Å²) in [6, 6.07) is 9.17. The molecule has 2 aromatic rings. The molecule has 0 amide bonds. The van der Waals surface area contributed by atoms with Crippen LogP contribution in [0.15, 0.2) is 47.4 Å². The molecule has 2 unspecified atom stereocenters. The van der Waals surface area contributed by atoms with Crippen molar-refractivity contribution in [3.63, 3.8) is 0 Å². The number of hydrogen-bond donors (Lipinski definition) is 3. The highest BCUT2D eigenvalue weighted by Crippen LogP contribution is 2.23. The zero-order valence-electron chi connectivity index (χ0n) is 14.6. The molecule has 3 N–H and O–H groups in total. The lowest BCUT2D eigenvalue weighted by Crippen LogP contribution is -2.45. The van der Waals surface area contributed by atoms with Crippen LogP contribution >= 0.6 is 0 Å². The summed E-state index contributed by atoms with van der Waals surface area (Å²) >= 11 is 0. The normalized spacial score (nSPS) is 13.8. The third-order valence-corrected chi connectivity index (χ3v) is 5.54. The Kier molecular flexibility index (Phi) is 6.01. The molecule has 0 heterocycles. The molecule has 140 valence electrons. The molecule has 0 bridgehead atoms. The van der Waals surface area contributed by atoms with E-state index in [4.69, 9.17) is 4.74 Å². The minimum Gasteiger partial charge on any atom is -0.497 e. The molecule has 8 heteroatoms. The number of aliphatic carboxylic acids is 1. The van der Waals surface area contributed by atoms with E-state index in [1.807, 2.05) is 0 Å². The molecule has 0 saturated heterocycles. The molecule has 0 aliphatic rings. The first kappa shape index (κ1) is 19.9. The van der Waals surface area contributed by atoms with Crippen LogP contribution in [0, 0.1) is 13.8 Å². The fourth-order valence-corrected chi connectivity index (χ4v) is 3.99. The van der Waals surface area contributed by atoms with E-state index in [1.165, 1.54) is 25.3 Å². The first-order valence-corrected chi connectivity index (χ1v) is 9.28. The predicted molar refractivity (Wildman–Crippen MR) is 95.6 cm³/mol. The molecule has 0 fully saturated rings. The number of ether oxygens (including phenoxy) is 1. The lowest BCUT2D eigenvalue weighted by Gasteiger charge is -2.21. The van der Waals surface area contributed by atoms with Gasteiger partial charge in [-0.2, -0.15) is 4.72 Å². The number of carbonyl (C=O) groups is 1. The van der Waals surface area contributed by atoms with E-state index >= 15 is 0 Å². The van der Waals surface area contributed by atoms with Crippen molar-refractivity contribution in [2.24, 2.45) is 0 Å². The zero-order valence-corrected chi connectivity index (χ0v) is 15.4. The Morgan fingerprint density at radius 2 is 1.73 bits per heavy atom. The van der Waals surface area contributed by atoms with Crippen LogP contribution in [0.25, 0.3) is 0 Å². The number of carboxylic acids is 1. The molecular formula is C18H21NO6S. The number of rotatable bonds is 7. The minimum absolute atomic E-state index is 0.0225. The Hall–Kier alpha value is -2.42. The third kappa shape index (κ3) is 4.40. The second kappa shape index (κ2) is 7.86. The maximum atomic E-state index is 12.7. The van der Waals surface area contributed by atoms with E-state index in [2.05, 4.69) is 4.72 Å². The van der Waals surface area contributed by atoms with Crippen molar-refractivity contribution in [1.82, 2.24) is 4.72 Å². The second-order valence-electron chi connectivity index (χ2n) is 5.92. The fourth-order valence-electron chi connectivity index (χ4n) is 2.47. The van der Waals surface area contributed by atoms with E-state index in [0.29, 0.717) is 11.3 Å². The van der Waals surface area contributed by atoms with Crippen molar-refractivity contribution < 1.29 is 28.2 Å². The first-order chi connectivity index (χ1) is 12.2. The summed E-state index contributed by atoms with van der Waals surface area (Å²) in [4.78, 5) is 11.6. The Labute approximate surface area is 152 Å². The third-order valence-electron chi connectivity index (χ3n) is 3.95. The fraction of sp³-hybridized carbons (Fsp3) is 0.278. The Morgan fingerprint density at radius 3 is 2.27 bits per heavy atom. The maximum absolute atomic E-state index is 12.7. The van der Waals surface area contributed by atoms with E-state index in [-0.39, 0.29) is 10.5 Å². The number of carboxylic acid groups (broad SMARTS) is 1. The number of hydrogen-bond acceptors (Lipinski definition) is 5. The molecule has 0 saturated carbocycles. The van der Waals surface area contributed by atoms with E-state index < -0.39 is 28.1 Å². The van der Waals surface area contributed by atoms with Crippen LogP contribution in [0.1, 0.15) is 22.8 Å². The Balaban J connectivity index is 2.34. The second-order valence-corrected chi connectivity index (χ2v) is 7.61. The number of methoxy groups -OCH3 is 1. The summed E-state index contributed by atoms with van der Waals surface area (Å²) in [6.07, 6.45) is -1.57. The topological polar surface area (TPSA) is 113 Å². The summed E-state index contributed by atoms with van der Waals surface area (Å²) in [5.74, 6) is -0.953. The van der Waals surface area contributed by atoms with Crippen LogP contribution in [-0.2, 0) is 14.8 Å². The quantitative estimate of drug-likeness (QED) is 0.676. The molecule has 26 heavy (non-hydrogen) atoms. The van der Waals surface area contributed by atoms with Gasteiger partial charge in [-0.15, -0.1) is 0 Å². The van der Waals surface area contributed by atoms with E-state index in [1.54, 1.807) is 38.1 Å². The minimum atomic E-state index is -4.14. The van der Waals surface area contributed by atoms with Gasteiger partial charge >= 0.3 is 5.97 Å². The summed E-state index contributed by atoms with van der Waals surface area (Å²) in [5, 5.41) is 19.8. The Morgan fingerprint density at radius 1 is 1.12 bits per heavy atom. The molecule has 0 aromatic heterocycles. The van der Waals surface area contributed by atoms with E-state index in [9.17, 15) is 23.4 Å². The molecule has 0 aliphatic heterocycles. The van der Waals surface area contributed by atoms with Crippen LogP contribution in [0.5, 0.6) is 5.75 Å². The maximum Gasteiger partial charge on any atom is 0.324 e. The summed E-state index contributed by atoms with van der Waals surface area (Å²) in [7, 11) is -2.66. The van der Waals surface area contributed by atoms with Gasteiger partial charge in [0, 0.05) is 0 Å². The van der Waals surface area contributed by atoms with Crippen molar-refractivity contribution in [3.05, 3.63) is 59.2 Å². The van der Waals surface area contributed by atoms with Crippen LogP contribution in [0.4, 0.5) is 0 Å². The smallest absolute Gasteiger partial charge is 0.324 e. The van der Waals surface area contributed by atoms with Gasteiger partial charge in [0.1, 0.15) is 17.9 Å². The number of aryl methyl sites for hydroxylation is 2. The number of aliphatic hydroxyl groups excluding tert-OH is 1. The average molecular weight is 379 g/mol. The summed E-state index contributed by atoms with van der Waals surface area (Å²) in [5.41, 5.74) is 1.45. The van der Waals surface area contributed by atoms with Crippen LogP contribution in [0.2, 0.25) is 0 Å². The van der Waals surface area contributed by atoms with Crippen molar-refractivity contribution in [1.29, 1.82) is 0 Å². The molecule has 2 rings (SSSR count). The molecule has 0 aliphatic carbocycles. The van der Waals surface area contributed by atoms with Gasteiger partial charge < -0.3 is 14.9 Å². The van der Waals surface area contributed by atoms with Crippen LogP contribution in [0.3, 0.4) is 0 Å². The van der Waals surface area contributed by atoms with Crippen molar-refractivity contribution >= 4 is 16.0 Å². The summed E-state index contributed by atoms with van der Waals surface area (Å²) in [6.45, 7) is 3.35. The lowest BCUT2D eigenvalue weighted by atomic mass is 10.0. The molecule has 0 spiro atoms. The van der Waals surface area contributed by atoms with Crippen LogP contribution < -0.4 is 9.46 Å². The predicted octanol–water partition coefficient (Wildman–Crippen LogP) is 1.78. The molecule has 7 nitrogen and oxygen atoms in total. The SMILES string of the molecule is COc1ccc(C(O)C(NS(=O)(=O)c2cc(C)ccc2C)C(=O)O)cc1. The van der Waals surface area contributed by atoms with Crippen molar-refractivity contribution in [3.8, 4) is 5.75 Å². The molecule has 0 radical (unpaired) electrons. The van der Waals surface area contributed by atoms with Gasteiger partial charge in [-0.1, -0.05) is 24.3 Å². The number of aliphatic hydroxyl groups is 1. The monoisotopic (exact) mass is 379 g/mol. The first-order valence-electron chi connectivity index (χ1n) is 7.80. The number of benzene rings is 2. The van der Waals surface area contributed by atoms with Crippen molar-refractivity contribution in [2.45, 2.75) is 30.9 Å². The largest absolute Gasteiger partial charge is 0.497 e. The van der Waals surface area contributed by atoms with Gasteiger partial charge in [-0.05, 0) is 48.7 Å². The van der Waals surface area contributed by atoms with E-state index in [0.717, 1.165) is 5.56 Å². The summed E-state index contributed by atoms with van der Waals surface area (Å²) < 4.78 is 32.4. The number of sulfonamides is 1. The van der Waals surface area contributed by atoms with Gasteiger partial charge in [0.05, 0.1) is 12.0 Å². The molecule has 2 atom stereocenters. The number of nitrogens with one attached hydrogen (secondary N) is 1. The van der Waals surface area contributed by atoms with Crippen LogP contribution in [-0.4, -0.2) is 37.8 Å². The highest BCUT2D eigenvalue weighted by atomic mass is 32.2. The lowest BCUT2D eigenvalue weighted by molar-refractivity contribution is -0.141. The van der Waals surface area contributed by atoms with Crippen molar-refractivity contribution in [2.75, 3.05) is 7.11 Å². The van der Waals surface area contributed by atoms with Gasteiger partial charge in [0.25, 0.3) is 0 Å². The highest BCUT2D eigenvalue weighted by molar-refractivity contribution is 7.89. The molecule has 2 aromatic carbocycles.